The third-order valence-electron chi connectivity index (χ3n) is 3.17. The Kier molecular flexibility index (Phi) is 8.86. The van der Waals surface area contributed by atoms with E-state index in [4.69, 9.17) is 19.6 Å². The molecule has 0 aliphatic heterocycles. The van der Waals surface area contributed by atoms with Gasteiger partial charge in [-0.1, -0.05) is 13.8 Å². The Labute approximate surface area is 103 Å². The fourth-order valence-corrected chi connectivity index (χ4v) is 2.35. The minimum Gasteiger partial charge on any atom is -0.395 e. The van der Waals surface area contributed by atoms with E-state index >= 15 is 0 Å². The van der Waals surface area contributed by atoms with Crippen molar-refractivity contribution >= 4 is 8.25 Å². The summed E-state index contributed by atoms with van der Waals surface area (Å²) in [7, 11) is -2.62. The van der Waals surface area contributed by atoms with E-state index in [1.54, 1.807) is 0 Å². The van der Waals surface area contributed by atoms with E-state index < -0.39 is 13.8 Å². The van der Waals surface area contributed by atoms with Crippen LogP contribution in [-0.4, -0.2) is 58.5 Å². The molecule has 7 heteroatoms. The molecule has 0 rings (SSSR count). The highest BCUT2D eigenvalue weighted by atomic mass is 31.1. The molecule has 17 heavy (non-hydrogen) atoms. The number of rotatable bonds is 10. The van der Waals surface area contributed by atoms with Crippen LogP contribution in [-0.2, 0) is 9.09 Å². The first-order valence-electron chi connectivity index (χ1n) is 5.82. The topological polar surface area (TPSA) is 90.2 Å². The number of aliphatic hydroxyl groups is 2. The van der Waals surface area contributed by atoms with E-state index in [2.05, 4.69) is 0 Å². The van der Waals surface area contributed by atoms with Crippen molar-refractivity contribution < 1.29 is 24.2 Å². The zero-order chi connectivity index (χ0) is 13.3. The van der Waals surface area contributed by atoms with Crippen LogP contribution >= 0.6 is 8.25 Å². The fourth-order valence-electron chi connectivity index (χ4n) is 2.00. The molecule has 1 atom stereocenters. The smallest absolute Gasteiger partial charge is 0.395 e. The summed E-state index contributed by atoms with van der Waals surface area (Å²) >= 11 is 0. The van der Waals surface area contributed by atoms with E-state index in [1.165, 1.54) is 0 Å². The van der Waals surface area contributed by atoms with E-state index in [-0.39, 0.29) is 19.8 Å². The van der Waals surface area contributed by atoms with Gasteiger partial charge < -0.3 is 10.2 Å². The predicted octanol–water partition coefficient (Wildman–Crippen LogP) is 0.498. The highest BCUT2D eigenvalue weighted by molar-refractivity contribution is 7.32. The average molecular weight is 268 g/mol. The van der Waals surface area contributed by atoms with Crippen LogP contribution in [0.15, 0.2) is 0 Å². The van der Waals surface area contributed by atoms with Crippen LogP contribution < -0.4 is 0 Å². The zero-order valence-corrected chi connectivity index (χ0v) is 11.4. The van der Waals surface area contributed by atoms with E-state index in [9.17, 15) is 4.57 Å². The van der Waals surface area contributed by atoms with Gasteiger partial charge in [0.05, 0.1) is 13.2 Å². The molecule has 0 aromatic carbocycles. The molecular weight excluding hydrogens is 245 g/mol. The maximum atomic E-state index is 10.6. The summed E-state index contributed by atoms with van der Waals surface area (Å²) in [6, 6.07) is 0. The Morgan fingerprint density at radius 2 is 1.65 bits per heavy atom. The van der Waals surface area contributed by atoms with Crippen LogP contribution in [0.3, 0.4) is 0 Å². The van der Waals surface area contributed by atoms with E-state index in [0.29, 0.717) is 25.9 Å². The molecule has 0 aromatic rings. The maximum Gasteiger partial charge on any atom is 0.694 e. The largest absolute Gasteiger partial charge is 0.694 e. The second-order valence-corrected chi connectivity index (χ2v) is 4.61. The number of nitrogens with zero attached hydrogens (tertiary/aromatic N) is 1. The molecule has 0 amide bonds. The van der Waals surface area contributed by atoms with Crippen molar-refractivity contribution in [1.82, 2.24) is 4.90 Å². The first-order valence-corrected chi connectivity index (χ1v) is 6.95. The van der Waals surface area contributed by atoms with Crippen molar-refractivity contribution in [2.45, 2.75) is 32.2 Å². The molecule has 0 bridgehead atoms. The highest BCUT2D eigenvalue weighted by Gasteiger charge is 2.36. The number of aliphatic hydroxyl groups excluding tert-OH is 2. The standard InChI is InChI=1S/C10H22NO5P/c1-3-10(4-2,9-16-17(14)15)11(5-7-12)6-8-13/h12-13H,3-9H2,1-2H3/p+1. The zero-order valence-electron chi connectivity index (χ0n) is 10.5. The molecule has 0 spiro atoms. The van der Waals surface area contributed by atoms with Crippen LogP contribution in [0.2, 0.25) is 0 Å². The summed E-state index contributed by atoms with van der Waals surface area (Å²) in [5, 5.41) is 18.0. The van der Waals surface area contributed by atoms with Crippen LogP contribution in [0, 0.1) is 0 Å². The quantitative estimate of drug-likeness (QED) is 0.500. The van der Waals surface area contributed by atoms with Crippen LogP contribution in [0.5, 0.6) is 0 Å². The Morgan fingerprint density at radius 3 is 1.94 bits per heavy atom. The van der Waals surface area contributed by atoms with Gasteiger partial charge in [-0.2, -0.15) is 0 Å². The first kappa shape index (κ1) is 16.9. The third kappa shape index (κ3) is 5.38. The summed E-state index contributed by atoms with van der Waals surface area (Å²) in [6.45, 7) is 4.81. The maximum absolute atomic E-state index is 10.6. The molecule has 3 N–H and O–H groups in total. The van der Waals surface area contributed by atoms with Crippen LogP contribution in [0.4, 0.5) is 0 Å². The SMILES string of the molecule is CCC(CC)(CO[P+](=O)O)N(CCO)CCO. The summed E-state index contributed by atoms with van der Waals surface area (Å²) in [5.41, 5.74) is -0.417. The van der Waals surface area contributed by atoms with Crippen molar-refractivity contribution in [3.05, 3.63) is 0 Å². The lowest BCUT2D eigenvalue weighted by Gasteiger charge is -2.41. The summed E-state index contributed by atoms with van der Waals surface area (Å²) in [4.78, 5) is 10.6. The minimum absolute atomic E-state index is 0.0208. The van der Waals surface area contributed by atoms with Gasteiger partial charge in [-0.15, -0.1) is 9.42 Å². The molecule has 0 radical (unpaired) electrons. The van der Waals surface area contributed by atoms with Gasteiger partial charge in [-0.05, 0) is 12.8 Å². The van der Waals surface area contributed by atoms with Gasteiger partial charge in [0.1, 0.15) is 6.61 Å². The average Bonchev–Trinajstić information content (AvgIpc) is 2.31. The third-order valence-corrected chi connectivity index (χ3v) is 3.52. The Morgan fingerprint density at radius 1 is 1.18 bits per heavy atom. The summed E-state index contributed by atoms with van der Waals surface area (Å²) in [6.07, 6.45) is 1.43. The fraction of sp³-hybridized carbons (Fsp3) is 1.00. The first-order chi connectivity index (χ1) is 8.06. The molecule has 1 unspecified atom stereocenters. The lowest BCUT2D eigenvalue weighted by molar-refractivity contribution is 0.00885. The molecule has 102 valence electrons. The molecule has 0 aliphatic carbocycles. The number of hydrogen-bond acceptors (Lipinski definition) is 5. The normalized spacial score (nSPS) is 13.2. The van der Waals surface area contributed by atoms with Crippen molar-refractivity contribution in [2.75, 3.05) is 32.9 Å². The van der Waals surface area contributed by atoms with Crippen molar-refractivity contribution in [3.63, 3.8) is 0 Å². The highest BCUT2D eigenvalue weighted by Crippen LogP contribution is 2.28. The van der Waals surface area contributed by atoms with Gasteiger partial charge in [0.2, 0.25) is 0 Å². The lowest BCUT2D eigenvalue weighted by Crippen LogP contribution is -2.53. The van der Waals surface area contributed by atoms with E-state index in [1.807, 2.05) is 18.7 Å². The van der Waals surface area contributed by atoms with E-state index in [0.717, 1.165) is 0 Å². The van der Waals surface area contributed by atoms with Crippen molar-refractivity contribution in [1.29, 1.82) is 0 Å². The molecule has 0 heterocycles. The molecule has 0 aliphatic rings. The molecule has 6 nitrogen and oxygen atoms in total. The van der Waals surface area contributed by atoms with Crippen molar-refractivity contribution in [3.8, 4) is 0 Å². The molecule has 0 aromatic heterocycles. The van der Waals surface area contributed by atoms with Crippen molar-refractivity contribution in [2.24, 2.45) is 0 Å². The van der Waals surface area contributed by atoms with Gasteiger partial charge in [-0.3, -0.25) is 4.90 Å². The molecular formula is C10H23NO5P+. The monoisotopic (exact) mass is 268 g/mol. The van der Waals surface area contributed by atoms with Crippen LogP contribution in [0.25, 0.3) is 0 Å². The van der Waals surface area contributed by atoms with Gasteiger partial charge >= 0.3 is 8.25 Å². The minimum atomic E-state index is -2.62. The second kappa shape index (κ2) is 8.91. The van der Waals surface area contributed by atoms with Gasteiger partial charge in [0, 0.05) is 23.2 Å². The Bertz CT molecular complexity index is 217. The molecule has 0 saturated carbocycles. The lowest BCUT2D eigenvalue weighted by atomic mass is 9.91. The Balaban J connectivity index is 4.76. The number of hydrogen-bond donors (Lipinski definition) is 3. The second-order valence-electron chi connectivity index (χ2n) is 3.88. The van der Waals surface area contributed by atoms with Gasteiger partial charge in [0.15, 0.2) is 0 Å². The summed E-state index contributed by atoms with van der Waals surface area (Å²) in [5.74, 6) is 0. The Hall–Kier alpha value is -0.100. The van der Waals surface area contributed by atoms with Gasteiger partial charge in [-0.25, -0.2) is 0 Å². The predicted molar refractivity (Wildman–Crippen MR) is 64.8 cm³/mol. The summed E-state index contributed by atoms with van der Waals surface area (Å²) < 4.78 is 15.4. The molecule has 0 saturated heterocycles. The van der Waals surface area contributed by atoms with Crippen LogP contribution in [0.1, 0.15) is 26.7 Å². The van der Waals surface area contributed by atoms with Gasteiger partial charge in [0.25, 0.3) is 0 Å². The number of β-amino-alcohol motifs (C(OH)–C–C–N with tert-alkyl or cyclic N) is 2. The molecule has 0 fully saturated rings.